The molecular formula is C11H16F3N3. The topological polar surface area (TPSA) is 42.1 Å². The number of hydrogen-bond donors (Lipinski definition) is 1. The summed E-state index contributed by atoms with van der Waals surface area (Å²) in [4.78, 5) is 5.67. The number of aryl methyl sites for hydroxylation is 1. The first-order chi connectivity index (χ1) is 7.81. The van der Waals surface area contributed by atoms with Gasteiger partial charge < -0.3 is 10.6 Å². The summed E-state index contributed by atoms with van der Waals surface area (Å²) in [5.41, 5.74) is 7.12. The monoisotopic (exact) mass is 247 g/mol. The number of pyridine rings is 1. The Morgan fingerprint density at radius 1 is 1.35 bits per heavy atom. The highest BCUT2D eigenvalue weighted by Gasteiger charge is 2.27. The molecule has 0 aliphatic carbocycles. The standard InChI is InChI=1S/C11H16F3N3/c1-8-5-9(7-15)6-10(16-8)17(2)4-3-11(12,13)14/h5-6H,3-4,7,15H2,1-2H3. The zero-order valence-corrected chi connectivity index (χ0v) is 9.88. The van der Waals surface area contributed by atoms with Gasteiger partial charge in [0.2, 0.25) is 0 Å². The van der Waals surface area contributed by atoms with Crippen molar-refractivity contribution in [1.82, 2.24) is 4.98 Å². The van der Waals surface area contributed by atoms with Crippen LogP contribution in [0.4, 0.5) is 19.0 Å². The van der Waals surface area contributed by atoms with Gasteiger partial charge in [-0.1, -0.05) is 0 Å². The van der Waals surface area contributed by atoms with E-state index in [9.17, 15) is 13.2 Å². The lowest BCUT2D eigenvalue weighted by Gasteiger charge is -2.20. The van der Waals surface area contributed by atoms with Gasteiger partial charge in [0.15, 0.2) is 0 Å². The summed E-state index contributed by atoms with van der Waals surface area (Å²) >= 11 is 0. The Hall–Kier alpha value is -1.30. The lowest BCUT2D eigenvalue weighted by Crippen LogP contribution is -2.25. The van der Waals surface area contributed by atoms with Crippen LogP contribution in [0.5, 0.6) is 0 Å². The third kappa shape index (κ3) is 4.60. The van der Waals surface area contributed by atoms with Crippen molar-refractivity contribution in [2.75, 3.05) is 18.5 Å². The molecule has 0 amide bonds. The smallest absolute Gasteiger partial charge is 0.359 e. The fourth-order valence-electron chi connectivity index (χ4n) is 1.44. The van der Waals surface area contributed by atoms with Crippen LogP contribution >= 0.6 is 0 Å². The van der Waals surface area contributed by atoms with Gasteiger partial charge in [0.05, 0.1) is 6.42 Å². The number of rotatable bonds is 4. The van der Waals surface area contributed by atoms with Crippen LogP contribution < -0.4 is 10.6 Å². The van der Waals surface area contributed by atoms with Crippen LogP contribution in [-0.4, -0.2) is 24.8 Å². The second-order valence-corrected chi connectivity index (χ2v) is 3.97. The normalized spacial score (nSPS) is 11.6. The van der Waals surface area contributed by atoms with Gasteiger partial charge in [-0.25, -0.2) is 4.98 Å². The number of aromatic nitrogens is 1. The van der Waals surface area contributed by atoms with E-state index in [2.05, 4.69) is 4.98 Å². The summed E-state index contributed by atoms with van der Waals surface area (Å²) in [7, 11) is 1.59. The first-order valence-electron chi connectivity index (χ1n) is 5.27. The van der Waals surface area contributed by atoms with Crippen molar-refractivity contribution in [3.63, 3.8) is 0 Å². The molecule has 96 valence electrons. The van der Waals surface area contributed by atoms with Crippen LogP contribution in [0.2, 0.25) is 0 Å². The highest BCUT2D eigenvalue weighted by molar-refractivity contribution is 5.41. The van der Waals surface area contributed by atoms with E-state index >= 15 is 0 Å². The predicted molar refractivity (Wildman–Crippen MR) is 60.8 cm³/mol. The minimum atomic E-state index is -4.14. The van der Waals surface area contributed by atoms with E-state index in [1.807, 2.05) is 6.07 Å². The van der Waals surface area contributed by atoms with Crippen molar-refractivity contribution >= 4 is 5.82 Å². The zero-order chi connectivity index (χ0) is 13.1. The molecule has 0 bridgehead atoms. The highest BCUT2D eigenvalue weighted by atomic mass is 19.4. The van der Waals surface area contributed by atoms with Crippen LogP contribution in [0.15, 0.2) is 12.1 Å². The van der Waals surface area contributed by atoms with Gasteiger partial charge in [-0.3, -0.25) is 0 Å². The Balaban J connectivity index is 2.74. The third-order valence-corrected chi connectivity index (χ3v) is 2.36. The van der Waals surface area contributed by atoms with Crippen LogP contribution in [-0.2, 0) is 6.54 Å². The van der Waals surface area contributed by atoms with Crippen molar-refractivity contribution in [3.05, 3.63) is 23.4 Å². The van der Waals surface area contributed by atoms with Gasteiger partial charge in [-0.2, -0.15) is 13.2 Å². The number of hydrogen-bond acceptors (Lipinski definition) is 3. The quantitative estimate of drug-likeness (QED) is 0.887. The molecule has 2 N–H and O–H groups in total. The predicted octanol–water partition coefficient (Wildman–Crippen LogP) is 2.24. The number of anilines is 1. The van der Waals surface area contributed by atoms with Gasteiger partial charge in [0.1, 0.15) is 5.82 Å². The number of alkyl halides is 3. The van der Waals surface area contributed by atoms with E-state index in [-0.39, 0.29) is 6.54 Å². The molecule has 1 rings (SSSR count). The second-order valence-electron chi connectivity index (χ2n) is 3.97. The fourth-order valence-corrected chi connectivity index (χ4v) is 1.44. The average molecular weight is 247 g/mol. The summed E-state index contributed by atoms with van der Waals surface area (Å²) in [6.07, 6.45) is -4.99. The molecule has 0 atom stereocenters. The van der Waals surface area contributed by atoms with Crippen LogP contribution in [0.3, 0.4) is 0 Å². The second kappa shape index (κ2) is 5.35. The molecule has 0 saturated carbocycles. The van der Waals surface area contributed by atoms with Gasteiger partial charge in [-0.05, 0) is 24.6 Å². The third-order valence-electron chi connectivity index (χ3n) is 2.36. The number of halogens is 3. The molecule has 0 spiro atoms. The van der Waals surface area contributed by atoms with Crippen molar-refractivity contribution in [2.45, 2.75) is 26.1 Å². The molecule has 0 fully saturated rings. The molecule has 0 radical (unpaired) electrons. The molecule has 17 heavy (non-hydrogen) atoms. The summed E-state index contributed by atoms with van der Waals surface area (Å²) in [5.74, 6) is 0.523. The minimum absolute atomic E-state index is 0.107. The molecule has 1 aromatic rings. The van der Waals surface area contributed by atoms with Gasteiger partial charge in [0, 0.05) is 25.8 Å². The SMILES string of the molecule is Cc1cc(CN)cc(N(C)CCC(F)(F)F)n1. The number of nitrogens with two attached hydrogens (primary N) is 1. The van der Waals surface area contributed by atoms with E-state index in [0.717, 1.165) is 11.3 Å². The molecule has 1 aromatic heterocycles. The van der Waals surface area contributed by atoms with E-state index in [4.69, 9.17) is 5.73 Å². The Bertz CT molecular complexity index is 377. The van der Waals surface area contributed by atoms with Crippen molar-refractivity contribution in [1.29, 1.82) is 0 Å². The first kappa shape index (κ1) is 13.8. The van der Waals surface area contributed by atoms with Gasteiger partial charge in [-0.15, -0.1) is 0 Å². The van der Waals surface area contributed by atoms with Gasteiger partial charge >= 0.3 is 6.18 Å². The van der Waals surface area contributed by atoms with E-state index < -0.39 is 12.6 Å². The lowest BCUT2D eigenvalue weighted by atomic mass is 10.2. The molecule has 0 aliphatic heterocycles. The highest BCUT2D eigenvalue weighted by Crippen LogP contribution is 2.21. The molecule has 0 aliphatic rings. The van der Waals surface area contributed by atoms with Crippen LogP contribution in [0, 0.1) is 6.92 Å². The maximum Gasteiger partial charge on any atom is 0.390 e. The Kier molecular flexibility index (Phi) is 4.34. The Morgan fingerprint density at radius 2 is 2.00 bits per heavy atom. The first-order valence-corrected chi connectivity index (χ1v) is 5.27. The molecular weight excluding hydrogens is 231 g/mol. The van der Waals surface area contributed by atoms with Gasteiger partial charge in [0.25, 0.3) is 0 Å². The van der Waals surface area contributed by atoms with Crippen molar-refractivity contribution < 1.29 is 13.2 Å². The van der Waals surface area contributed by atoms with Crippen LogP contribution in [0.1, 0.15) is 17.7 Å². The van der Waals surface area contributed by atoms with E-state index in [0.29, 0.717) is 12.4 Å². The summed E-state index contributed by atoms with van der Waals surface area (Å²) in [5, 5.41) is 0. The molecule has 3 nitrogen and oxygen atoms in total. The van der Waals surface area contributed by atoms with Crippen molar-refractivity contribution in [2.24, 2.45) is 5.73 Å². The summed E-state index contributed by atoms with van der Waals surface area (Å²) in [6, 6.07) is 3.53. The molecule has 1 heterocycles. The molecule has 6 heteroatoms. The van der Waals surface area contributed by atoms with E-state index in [1.165, 1.54) is 4.90 Å². The van der Waals surface area contributed by atoms with Crippen molar-refractivity contribution in [3.8, 4) is 0 Å². The lowest BCUT2D eigenvalue weighted by molar-refractivity contribution is -0.132. The molecule has 0 unspecified atom stereocenters. The zero-order valence-electron chi connectivity index (χ0n) is 9.88. The largest absolute Gasteiger partial charge is 0.390 e. The fraction of sp³-hybridized carbons (Fsp3) is 0.545. The maximum absolute atomic E-state index is 12.1. The average Bonchev–Trinajstić information content (AvgIpc) is 2.23. The van der Waals surface area contributed by atoms with Crippen LogP contribution in [0.25, 0.3) is 0 Å². The summed E-state index contributed by atoms with van der Waals surface area (Å²) in [6.45, 7) is 2.04. The summed E-state index contributed by atoms with van der Waals surface area (Å²) < 4.78 is 36.3. The molecule has 0 saturated heterocycles. The van der Waals surface area contributed by atoms with E-state index in [1.54, 1.807) is 20.0 Å². The Morgan fingerprint density at radius 3 is 2.53 bits per heavy atom. The molecule has 0 aromatic carbocycles. The minimum Gasteiger partial charge on any atom is -0.359 e. The maximum atomic E-state index is 12.1. The Labute approximate surface area is 98.4 Å². The number of nitrogens with zero attached hydrogens (tertiary/aromatic N) is 2.